The number of nitrogens with one attached hydrogen (secondary N) is 1. The van der Waals surface area contributed by atoms with E-state index < -0.39 is 17.9 Å². The second-order valence-corrected chi connectivity index (χ2v) is 9.07. The van der Waals surface area contributed by atoms with Gasteiger partial charge in [-0.2, -0.15) is 18.3 Å². The summed E-state index contributed by atoms with van der Waals surface area (Å²) in [5.41, 5.74) is 6.76. The van der Waals surface area contributed by atoms with Crippen molar-refractivity contribution < 1.29 is 17.9 Å². The maximum atomic E-state index is 13.4. The minimum atomic E-state index is -4.45. The van der Waals surface area contributed by atoms with Gasteiger partial charge in [0.1, 0.15) is 12.0 Å². The predicted octanol–water partition coefficient (Wildman–Crippen LogP) is 3.25. The standard InChI is InChI=1S/C24H28F3N7O/c1-14-17(4-3-5-20(14)24(25,26)27)22(28)30-23-18-10-21(29-11-19(18)15(2)31-32-23)34-7-6-33-8-9-35-13-16(33)12-34/h3-5,10-11,16,22H,6-9,12-13,28H2,1-2H3,(H,30,32)/t16-,22-/m0/s1. The van der Waals surface area contributed by atoms with Gasteiger partial charge in [-0.05, 0) is 37.1 Å². The number of hydrogen-bond acceptors (Lipinski definition) is 8. The molecule has 1 aromatic carbocycles. The lowest BCUT2D eigenvalue weighted by atomic mass is 10.00. The third kappa shape index (κ3) is 4.63. The second-order valence-electron chi connectivity index (χ2n) is 9.07. The van der Waals surface area contributed by atoms with Gasteiger partial charge in [-0.25, -0.2) is 4.98 Å². The third-order valence-electron chi connectivity index (χ3n) is 6.90. The van der Waals surface area contributed by atoms with Gasteiger partial charge in [0.05, 0.1) is 30.5 Å². The maximum absolute atomic E-state index is 13.4. The minimum Gasteiger partial charge on any atom is -0.378 e. The van der Waals surface area contributed by atoms with Gasteiger partial charge in [0.2, 0.25) is 0 Å². The number of ether oxygens (including phenoxy) is 1. The lowest BCUT2D eigenvalue weighted by molar-refractivity contribution is -0.138. The molecule has 186 valence electrons. The molecule has 0 unspecified atom stereocenters. The van der Waals surface area contributed by atoms with Crippen LogP contribution in [0.15, 0.2) is 30.5 Å². The molecule has 2 aromatic heterocycles. The van der Waals surface area contributed by atoms with Crippen LogP contribution in [0.1, 0.15) is 28.6 Å². The number of piperazine rings is 1. The van der Waals surface area contributed by atoms with Crippen LogP contribution in [0, 0.1) is 13.8 Å². The first-order chi connectivity index (χ1) is 16.7. The Hall–Kier alpha value is -3.02. The quantitative estimate of drug-likeness (QED) is 0.542. The molecule has 2 fully saturated rings. The molecular formula is C24H28F3N7O. The average molecular weight is 488 g/mol. The first-order valence-corrected chi connectivity index (χ1v) is 11.6. The van der Waals surface area contributed by atoms with Crippen molar-refractivity contribution in [2.24, 2.45) is 5.73 Å². The van der Waals surface area contributed by atoms with Crippen molar-refractivity contribution in [3.05, 3.63) is 52.8 Å². The van der Waals surface area contributed by atoms with E-state index in [4.69, 9.17) is 10.5 Å². The van der Waals surface area contributed by atoms with Crippen molar-refractivity contribution in [1.29, 1.82) is 0 Å². The fraction of sp³-hybridized carbons (Fsp3) is 0.458. The second kappa shape index (κ2) is 9.21. The molecule has 8 nitrogen and oxygen atoms in total. The fourth-order valence-electron chi connectivity index (χ4n) is 4.92. The van der Waals surface area contributed by atoms with Gasteiger partial charge in [0, 0.05) is 43.1 Å². The van der Waals surface area contributed by atoms with Crippen LogP contribution < -0.4 is 16.0 Å². The van der Waals surface area contributed by atoms with E-state index in [1.165, 1.54) is 13.0 Å². The summed E-state index contributed by atoms with van der Waals surface area (Å²) in [6.07, 6.45) is -3.59. The zero-order chi connectivity index (χ0) is 24.7. The van der Waals surface area contributed by atoms with Gasteiger partial charge in [0.25, 0.3) is 0 Å². The molecule has 2 saturated heterocycles. The Kier molecular flexibility index (Phi) is 6.24. The summed E-state index contributed by atoms with van der Waals surface area (Å²) >= 11 is 0. The highest BCUT2D eigenvalue weighted by Gasteiger charge is 2.34. The molecule has 0 spiro atoms. The molecular weight excluding hydrogens is 459 g/mol. The van der Waals surface area contributed by atoms with Crippen LogP contribution in [0.25, 0.3) is 10.8 Å². The number of pyridine rings is 1. The normalized spacial score (nSPS) is 20.1. The van der Waals surface area contributed by atoms with Crippen LogP contribution in [0.2, 0.25) is 0 Å². The molecule has 3 aromatic rings. The van der Waals surface area contributed by atoms with Crippen molar-refractivity contribution in [2.45, 2.75) is 32.2 Å². The zero-order valence-corrected chi connectivity index (χ0v) is 19.6. The molecule has 0 radical (unpaired) electrons. The summed E-state index contributed by atoms with van der Waals surface area (Å²) in [6.45, 7) is 8.27. The van der Waals surface area contributed by atoms with E-state index in [9.17, 15) is 13.2 Å². The Morgan fingerprint density at radius 2 is 1.97 bits per heavy atom. The molecule has 11 heteroatoms. The molecule has 2 aliphatic heterocycles. The highest BCUT2D eigenvalue weighted by atomic mass is 19.4. The molecule has 0 amide bonds. The first kappa shape index (κ1) is 23.7. The van der Waals surface area contributed by atoms with E-state index >= 15 is 0 Å². The van der Waals surface area contributed by atoms with Crippen molar-refractivity contribution in [1.82, 2.24) is 20.1 Å². The Morgan fingerprint density at radius 1 is 1.14 bits per heavy atom. The summed E-state index contributed by atoms with van der Waals surface area (Å²) in [7, 11) is 0. The minimum absolute atomic E-state index is 0.0827. The zero-order valence-electron chi connectivity index (χ0n) is 19.6. The fourth-order valence-corrected chi connectivity index (χ4v) is 4.92. The Balaban J connectivity index is 1.45. The van der Waals surface area contributed by atoms with Crippen molar-refractivity contribution in [2.75, 3.05) is 49.6 Å². The van der Waals surface area contributed by atoms with Crippen LogP contribution in [0.5, 0.6) is 0 Å². The topological polar surface area (TPSA) is 92.4 Å². The summed E-state index contributed by atoms with van der Waals surface area (Å²) in [5, 5.41) is 13.1. The van der Waals surface area contributed by atoms with Crippen LogP contribution in [0.3, 0.4) is 0 Å². The number of fused-ring (bicyclic) bond motifs is 2. The van der Waals surface area contributed by atoms with E-state index in [-0.39, 0.29) is 5.56 Å². The van der Waals surface area contributed by atoms with Crippen molar-refractivity contribution in [3.8, 4) is 0 Å². The molecule has 0 aliphatic carbocycles. The van der Waals surface area contributed by atoms with Gasteiger partial charge in [-0.3, -0.25) is 4.90 Å². The predicted molar refractivity (Wildman–Crippen MR) is 127 cm³/mol. The monoisotopic (exact) mass is 487 g/mol. The number of aryl methyl sites for hydroxylation is 1. The van der Waals surface area contributed by atoms with Gasteiger partial charge in [0.15, 0.2) is 5.82 Å². The number of aromatic nitrogens is 3. The first-order valence-electron chi connectivity index (χ1n) is 11.6. The largest absolute Gasteiger partial charge is 0.416 e. The number of benzene rings is 1. The molecule has 35 heavy (non-hydrogen) atoms. The SMILES string of the molecule is Cc1c([C@@H](N)Nc2nnc(C)c3cnc(N4CCN5CCOC[C@@H]5C4)cc23)cccc1C(F)(F)F. The van der Waals surface area contributed by atoms with E-state index in [2.05, 4.69) is 30.3 Å². The van der Waals surface area contributed by atoms with Gasteiger partial charge < -0.3 is 20.7 Å². The summed E-state index contributed by atoms with van der Waals surface area (Å²) in [5.74, 6) is 1.21. The van der Waals surface area contributed by atoms with Crippen LogP contribution in [-0.4, -0.2) is 65.5 Å². The third-order valence-corrected chi connectivity index (χ3v) is 6.90. The average Bonchev–Trinajstić information content (AvgIpc) is 2.84. The number of morpholine rings is 1. The number of rotatable bonds is 4. The number of anilines is 2. The lowest BCUT2D eigenvalue weighted by Gasteiger charge is -2.44. The van der Waals surface area contributed by atoms with E-state index in [0.29, 0.717) is 29.7 Å². The van der Waals surface area contributed by atoms with Gasteiger partial charge in [-0.1, -0.05) is 12.1 Å². The number of hydrogen-bond donors (Lipinski definition) is 2. The molecule has 3 N–H and O–H groups in total. The molecule has 4 heterocycles. The lowest BCUT2D eigenvalue weighted by Crippen LogP contribution is -2.58. The van der Waals surface area contributed by atoms with Crippen LogP contribution in [0.4, 0.5) is 24.8 Å². The summed E-state index contributed by atoms with van der Waals surface area (Å²) < 4.78 is 45.8. The number of halogens is 3. The summed E-state index contributed by atoms with van der Waals surface area (Å²) in [4.78, 5) is 9.35. The number of alkyl halides is 3. The number of nitrogens with zero attached hydrogens (tertiary/aromatic N) is 5. The highest BCUT2D eigenvalue weighted by molar-refractivity contribution is 5.94. The smallest absolute Gasteiger partial charge is 0.378 e. The molecule has 0 saturated carbocycles. The molecule has 5 rings (SSSR count). The van der Waals surface area contributed by atoms with E-state index in [1.54, 1.807) is 12.3 Å². The molecule has 2 aliphatic rings. The van der Waals surface area contributed by atoms with Crippen LogP contribution >= 0.6 is 0 Å². The van der Waals surface area contributed by atoms with Crippen molar-refractivity contribution >= 4 is 22.4 Å². The Labute approximate surface area is 201 Å². The van der Waals surface area contributed by atoms with Gasteiger partial charge in [-0.15, -0.1) is 5.10 Å². The van der Waals surface area contributed by atoms with E-state index in [1.807, 2.05) is 13.0 Å². The van der Waals surface area contributed by atoms with Gasteiger partial charge >= 0.3 is 6.18 Å². The maximum Gasteiger partial charge on any atom is 0.416 e. The highest BCUT2D eigenvalue weighted by Crippen LogP contribution is 2.35. The summed E-state index contributed by atoms with van der Waals surface area (Å²) in [6, 6.07) is 6.28. The molecule has 2 atom stereocenters. The number of nitrogens with two attached hydrogens (primary N) is 1. The van der Waals surface area contributed by atoms with Crippen LogP contribution in [-0.2, 0) is 10.9 Å². The van der Waals surface area contributed by atoms with E-state index in [0.717, 1.165) is 55.4 Å². The van der Waals surface area contributed by atoms with Crippen molar-refractivity contribution in [3.63, 3.8) is 0 Å². The Bertz CT molecular complexity index is 1240. The Morgan fingerprint density at radius 3 is 2.77 bits per heavy atom. The molecule has 0 bridgehead atoms.